The van der Waals surface area contributed by atoms with Crippen LogP contribution in [-0.2, 0) is 4.79 Å². The van der Waals surface area contributed by atoms with Gasteiger partial charge < -0.3 is 10.6 Å². The summed E-state index contributed by atoms with van der Waals surface area (Å²) in [5.74, 6) is 1.07. The smallest absolute Gasteiger partial charge is 0.239 e. The van der Waals surface area contributed by atoms with E-state index < -0.39 is 0 Å². The predicted octanol–water partition coefficient (Wildman–Crippen LogP) is 1.62. The fraction of sp³-hybridized carbons (Fsp3) is 0.917. The maximum atomic E-state index is 12.0. The molecule has 1 aliphatic heterocycles. The Balaban J connectivity index is 2.51. The van der Waals surface area contributed by atoms with E-state index in [-0.39, 0.29) is 17.9 Å². The van der Waals surface area contributed by atoms with E-state index in [2.05, 4.69) is 20.8 Å². The van der Waals surface area contributed by atoms with E-state index in [9.17, 15) is 4.79 Å². The monoisotopic (exact) mass is 212 g/mol. The Morgan fingerprint density at radius 2 is 2.27 bits per heavy atom. The molecule has 1 fully saturated rings. The Hall–Kier alpha value is -0.570. The van der Waals surface area contributed by atoms with E-state index in [1.165, 1.54) is 6.42 Å². The summed E-state index contributed by atoms with van der Waals surface area (Å²) >= 11 is 0. The van der Waals surface area contributed by atoms with Gasteiger partial charge in [0, 0.05) is 13.1 Å². The molecule has 1 rings (SSSR count). The lowest BCUT2D eigenvalue weighted by molar-refractivity contribution is -0.135. The molecule has 2 N–H and O–H groups in total. The summed E-state index contributed by atoms with van der Waals surface area (Å²) in [4.78, 5) is 14.0. The molecule has 1 amide bonds. The van der Waals surface area contributed by atoms with Gasteiger partial charge >= 0.3 is 0 Å². The molecule has 1 heterocycles. The molecule has 15 heavy (non-hydrogen) atoms. The Labute approximate surface area is 93.0 Å². The van der Waals surface area contributed by atoms with Gasteiger partial charge in [0.15, 0.2) is 0 Å². The maximum absolute atomic E-state index is 12.0. The zero-order chi connectivity index (χ0) is 11.4. The minimum atomic E-state index is -0.305. The molecule has 88 valence electrons. The molecule has 0 aliphatic carbocycles. The number of likely N-dealkylation sites (tertiary alicyclic amines) is 1. The minimum absolute atomic E-state index is 0.149. The summed E-state index contributed by atoms with van der Waals surface area (Å²) in [6.07, 6.45) is 3.33. The molecule has 3 atom stereocenters. The van der Waals surface area contributed by atoms with Crippen molar-refractivity contribution in [2.24, 2.45) is 17.6 Å². The van der Waals surface area contributed by atoms with Gasteiger partial charge in [0.05, 0.1) is 6.04 Å². The number of nitrogens with two attached hydrogens (primary N) is 1. The first-order chi connectivity index (χ1) is 7.06. The van der Waals surface area contributed by atoms with Crippen LogP contribution in [0.5, 0.6) is 0 Å². The average molecular weight is 212 g/mol. The molecule has 0 aromatic carbocycles. The van der Waals surface area contributed by atoms with E-state index in [4.69, 9.17) is 5.73 Å². The lowest BCUT2D eigenvalue weighted by Gasteiger charge is -2.33. The van der Waals surface area contributed by atoms with Gasteiger partial charge in [0.2, 0.25) is 5.91 Å². The van der Waals surface area contributed by atoms with Crippen LogP contribution in [0.25, 0.3) is 0 Å². The lowest BCUT2D eigenvalue weighted by atomic mass is 9.95. The largest absolute Gasteiger partial charge is 0.341 e. The van der Waals surface area contributed by atoms with Crippen molar-refractivity contribution in [1.82, 2.24) is 4.90 Å². The molecular formula is C12H24N2O. The molecule has 1 saturated heterocycles. The van der Waals surface area contributed by atoms with Gasteiger partial charge in [0.1, 0.15) is 0 Å². The normalized spacial score (nSPS) is 26.1. The van der Waals surface area contributed by atoms with Crippen LogP contribution in [-0.4, -0.2) is 29.9 Å². The number of piperidine rings is 1. The number of carbonyl (C=O) groups is 1. The standard InChI is InChI=1S/C12H24N2O/c1-4-10(3)11(13)12(15)14-7-5-6-9(2)8-14/h9-11H,4-8,13H2,1-3H3/t9?,10?,11-/m0/s1. The lowest BCUT2D eigenvalue weighted by Crippen LogP contribution is -2.50. The third-order valence-electron chi connectivity index (χ3n) is 3.51. The maximum Gasteiger partial charge on any atom is 0.239 e. The minimum Gasteiger partial charge on any atom is -0.341 e. The highest BCUT2D eigenvalue weighted by Crippen LogP contribution is 2.17. The summed E-state index contributed by atoms with van der Waals surface area (Å²) < 4.78 is 0. The van der Waals surface area contributed by atoms with Crippen molar-refractivity contribution in [3.8, 4) is 0 Å². The Morgan fingerprint density at radius 3 is 2.80 bits per heavy atom. The molecule has 0 spiro atoms. The van der Waals surface area contributed by atoms with Crippen LogP contribution in [0, 0.1) is 11.8 Å². The second kappa shape index (κ2) is 5.50. The highest BCUT2D eigenvalue weighted by Gasteiger charge is 2.27. The van der Waals surface area contributed by atoms with Crippen molar-refractivity contribution in [1.29, 1.82) is 0 Å². The Morgan fingerprint density at radius 1 is 1.60 bits per heavy atom. The fourth-order valence-corrected chi connectivity index (χ4v) is 2.10. The third-order valence-corrected chi connectivity index (χ3v) is 3.51. The van der Waals surface area contributed by atoms with Gasteiger partial charge in [0.25, 0.3) is 0 Å². The highest BCUT2D eigenvalue weighted by atomic mass is 16.2. The molecule has 0 saturated carbocycles. The number of rotatable bonds is 3. The van der Waals surface area contributed by atoms with Gasteiger partial charge in [-0.05, 0) is 24.7 Å². The summed E-state index contributed by atoms with van der Waals surface area (Å²) in [7, 11) is 0. The summed E-state index contributed by atoms with van der Waals surface area (Å²) in [5, 5.41) is 0. The third kappa shape index (κ3) is 3.20. The van der Waals surface area contributed by atoms with Crippen molar-refractivity contribution in [3.05, 3.63) is 0 Å². The van der Waals surface area contributed by atoms with Gasteiger partial charge in [-0.2, -0.15) is 0 Å². The molecule has 3 heteroatoms. The highest BCUT2D eigenvalue weighted by molar-refractivity contribution is 5.82. The van der Waals surface area contributed by atoms with Gasteiger partial charge in [-0.15, -0.1) is 0 Å². The Kier molecular flexibility index (Phi) is 4.58. The van der Waals surface area contributed by atoms with Gasteiger partial charge in [-0.3, -0.25) is 4.79 Å². The van der Waals surface area contributed by atoms with E-state index in [0.717, 1.165) is 25.9 Å². The molecule has 3 nitrogen and oxygen atoms in total. The van der Waals surface area contributed by atoms with E-state index in [1.54, 1.807) is 0 Å². The zero-order valence-electron chi connectivity index (χ0n) is 10.2. The number of hydrogen-bond donors (Lipinski definition) is 1. The van der Waals surface area contributed by atoms with Crippen molar-refractivity contribution >= 4 is 5.91 Å². The van der Waals surface area contributed by atoms with Crippen molar-refractivity contribution in [2.45, 2.75) is 46.1 Å². The molecular weight excluding hydrogens is 188 g/mol. The summed E-state index contributed by atoms with van der Waals surface area (Å²) in [6, 6.07) is -0.305. The quantitative estimate of drug-likeness (QED) is 0.772. The fourth-order valence-electron chi connectivity index (χ4n) is 2.10. The molecule has 1 aliphatic rings. The van der Waals surface area contributed by atoms with Crippen LogP contribution < -0.4 is 5.73 Å². The molecule has 0 aromatic heterocycles. The van der Waals surface area contributed by atoms with Crippen LogP contribution in [0.1, 0.15) is 40.0 Å². The Bertz CT molecular complexity index is 218. The molecule has 0 bridgehead atoms. The van der Waals surface area contributed by atoms with Gasteiger partial charge in [-0.1, -0.05) is 27.2 Å². The van der Waals surface area contributed by atoms with Crippen molar-refractivity contribution < 1.29 is 4.79 Å². The number of hydrogen-bond acceptors (Lipinski definition) is 2. The number of amides is 1. The number of carbonyl (C=O) groups excluding carboxylic acids is 1. The predicted molar refractivity (Wildman–Crippen MR) is 62.4 cm³/mol. The first-order valence-electron chi connectivity index (χ1n) is 6.10. The summed E-state index contributed by atoms with van der Waals surface area (Å²) in [6.45, 7) is 8.12. The van der Waals surface area contributed by atoms with Crippen LogP contribution in [0.4, 0.5) is 0 Å². The molecule has 0 aromatic rings. The van der Waals surface area contributed by atoms with Crippen LogP contribution >= 0.6 is 0 Å². The van der Waals surface area contributed by atoms with E-state index in [0.29, 0.717) is 5.92 Å². The SMILES string of the molecule is CCC(C)[C@H](N)C(=O)N1CCCC(C)C1. The average Bonchev–Trinajstić information content (AvgIpc) is 2.26. The zero-order valence-corrected chi connectivity index (χ0v) is 10.2. The first kappa shape index (κ1) is 12.5. The molecule has 0 radical (unpaired) electrons. The van der Waals surface area contributed by atoms with Gasteiger partial charge in [-0.25, -0.2) is 0 Å². The first-order valence-corrected chi connectivity index (χ1v) is 6.10. The second-order valence-corrected chi connectivity index (χ2v) is 4.94. The van der Waals surface area contributed by atoms with E-state index in [1.807, 2.05) is 4.90 Å². The second-order valence-electron chi connectivity index (χ2n) is 4.94. The van der Waals surface area contributed by atoms with E-state index >= 15 is 0 Å². The van der Waals surface area contributed by atoms with Crippen molar-refractivity contribution in [2.75, 3.05) is 13.1 Å². The van der Waals surface area contributed by atoms with Crippen LogP contribution in [0.15, 0.2) is 0 Å². The number of nitrogens with zero attached hydrogens (tertiary/aromatic N) is 1. The summed E-state index contributed by atoms with van der Waals surface area (Å²) in [5.41, 5.74) is 5.96. The van der Waals surface area contributed by atoms with Crippen LogP contribution in [0.3, 0.4) is 0 Å². The topological polar surface area (TPSA) is 46.3 Å². The van der Waals surface area contributed by atoms with Crippen molar-refractivity contribution in [3.63, 3.8) is 0 Å². The van der Waals surface area contributed by atoms with Crippen LogP contribution in [0.2, 0.25) is 0 Å². The molecule has 2 unspecified atom stereocenters.